The van der Waals surface area contributed by atoms with E-state index >= 15 is 0 Å². The highest BCUT2D eigenvalue weighted by Crippen LogP contribution is 2.29. The number of ketones is 1. The van der Waals surface area contributed by atoms with Crippen molar-refractivity contribution in [2.45, 2.75) is 19.9 Å². The average Bonchev–Trinajstić information content (AvgIpc) is 2.12. The van der Waals surface area contributed by atoms with Crippen LogP contribution in [-0.2, 0) is 0 Å². The van der Waals surface area contributed by atoms with Crippen LogP contribution in [-0.4, -0.2) is 18.4 Å². The summed E-state index contributed by atoms with van der Waals surface area (Å²) >= 11 is 0. The third-order valence-electron chi connectivity index (χ3n) is 2.43. The lowest BCUT2D eigenvalue weighted by Crippen LogP contribution is -2.40. The number of nitrogens with two attached hydrogens (primary N) is 1. The molecule has 0 amide bonds. The van der Waals surface area contributed by atoms with E-state index in [0.717, 1.165) is 11.1 Å². The van der Waals surface area contributed by atoms with Crippen molar-refractivity contribution in [3.05, 3.63) is 28.8 Å². The molecule has 1 heterocycles. The maximum Gasteiger partial charge on any atom is 0.186 e. The van der Waals surface area contributed by atoms with E-state index in [4.69, 9.17) is 10.5 Å². The number of fused-ring (bicyclic) bond motifs is 1. The summed E-state index contributed by atoms with van der Waals surface area (Å²) in [6.45, 7) is 4.19. The molecule has 0 bridgehead atoms. The molecule has 0 aliphatic carbocycles. The van der Waals surface area contributed by atoms with Gasteiger partial charge in [0.05, 0.1) is 5.56 Å². The second-order valence-electron chi connectivity index (χ2n) is 3.74. The quantitative estimate of drug-likeness (QED) is 0.670. The van der Waals surface area contributed by atoms with E-state index in [0.29, 0.717) is 11.3 Å². The molecule has 0 saturated heterocycles. The molecule has 0 aromatic heterocycles. The fourth-order valence-electron chi connectivity index (χ4n) is 1.78. The third kappa shape index (κ3) is 1.30. The molecule has 0 fully saturated rings. The second-order valence-corrected chi connectivity index (χ2v) is 3.74. The first-order valence-electron chi connectivity index (χ1n) is 4.63. The maximum atomic E-state index is 11.7. The van der Waals surface area contributed by atoms with Crippen LogP contribution in [0.3, 0.4) is 0 Å². The van der Waals surface area contributed by atoms with Crippen molar-refractivity contribution in [2.75, 3.05) is 6.61 Å². The number of carbonyl (C=O) groups is 1. The fraction of sp³-hybridized carbons (Fsp3) is 0.364. The van der Waals surface area contributed by atoms with Crippen molar-refractivity contribution in [3.63, 3.8) is 0 Å². The number of Topliss-reactive ketones (excluding diaryl/α,β-unsaturated/α-hetero) is 1. The molecule has 3 heteroatoms. The van der Waals surface area contributed by atoms with Crippen molar-refractivity contribution in [2.24, 2.45) is 5.73 Å². The lowest BCUT2D eigenvalue weighted by molar-refractivity contribution is 0.0899. The number of benzene rings is 1. The largest absolute Gasteiger partial charge is 0.490 e. The lowest BCUT2D eigenvalue weighted by atomic mass is 9.97. The summed E-state index contributed by atoms with van der Waals surface area (Å²) in [5.41, 5.74) is 8.31. The first-order valence-corrected chi connectivity index (χ1v) is 4.63. The minimum Gasteiger partial charge on any atom is -0.490 e. The Kier molecular flexibility index (Phi) is 2.04. The molecule has 0 saturated carbocycles. The Bertz CT molecular complexity index is 399. The molecule has 3 nitrogen and oxygen atoms in total. The first-order chi connectivity index (χ1) is 6.59. The minimum absolute atomic E-state index is 0.0157. The Balaban J connectivity index is 2.60. The van der Waals surface area contributed by atoms with E-state index in [1.807, 2.05) is 26.0 Å². The summed E-state index contributed by atoms with van der Waals surface area (Å²) in [7, 11) is 0. The minimum atomic E-state index is -0.510. The van der Waals surface area contributed by atoms with E-state index in [-0.39, 0.29) is 12.4 Å². The number of aryl methyl sites for hydroxylation is 2. The smallest absolute Gasteiger partial charge is 0.186 e. The molecule has 0 spiro atoms. The monoisotopic (exact) mass is 191 g/mol. The SMILES string of the molecule is Cc1cc(C)c2c(c1)C(=O)C(N)CO2. The van der Waals surface area contributed by atoms with Gasteiger partial charge >= 0.3 is 0 Å². The first kappa shape index (κ1) is 9.21. The Morgan fingerprint density at radius 3 is 2.86 bits per heavy atom. The van der Waals surface area contributed by atoms with Crippen molar-refractivity contribution in [1.82, 2.24) is 0 Å². The summed E-state index contributed by atoms with van der Waals surface area (Å²) in [4.78, 5) is 11.7. The van der Waals surface area contributed by atoms with Crippen LogP contribution < -0.4 is 10.5 Å². The zero-order valence-electron chi connectivity index (χ0n) is 8.33. The van der Waals surface area contributed by atoms with Crippen LogP contribution in [0, 0.1) is 13.8 Å². The van der Waals surface area contributed by atoms with Gasteiger partial charge in [0.2, 0.25) is 0 Å². The molecular formula is C11H13NO2. The van der Waals surface area contributed by atoms with Crippen molar-refractivity contribution >= 4 is 5.78 Å². The number of rotatable bonds is 0. The van der Waals surface area contributed by atoms with Gasteiger partial charge in [0.15, 0.2) is 5.78 Å². The van der Waals surface area contributed by atoms with Crippen molar-refractivity contribution in [3.8, 4) is 5.75 Å². The van der Waals surface area contributed by atoms with Gasteiger partial charge in [-0.05, 0) is 31.0 Å². The van der Waals surface area contributed by atoms with E-state index < -0.39 is 6.04 Å². The predicted molar refractivity (Wildman–Crippen MR) is 53.7 cm³/mol. The Labute approximate surface area is 82.9 Å². The highest BCUT2D eigenvalue weighted by atomic mass is 16.5. The highest BCUT2D eigenvalue weighted by molar-refractivity contribution is 6.03. The van der Waals surface area contributed by atoms with Crippen LogP contribution in [0.25, 0.3) is 0 Å². The summed E-state index contributed by atoms with van der Waals surface area (Å²) < 4.78 is 5.45. The molecule has 1 unspecified atom stereocenters. The van der Waals surface area contributed by atoms with Gasteiger partial charge in [-0.3, -0.25) is 4.79 Å². The van der Waals surface area contributed by atoms with Gasteiger partial charge in [0, 0.05) is 0 Å². The van der Waals surface area contributed by atoms with Crippen LogP contribution in [0.2, 0.25) is 0 Å². The molecule has 1 aromatic carbocycles. The molecule has 2 N–H and O–H groups in total. The van der Waals surface area contributed by atoms with Crippen LogP contribution >= 0.6 is 0 Å². The molecule has 0 radical (unpaired) electrons. The molecule has 1 atom stereocenters. The molecule has 1 aliphatic heterocycles. The molecule has 2 rings (SSSR count). The number of ether oxygens (including phenoxy) is 1. The second kappa shape index (κ2) is 3.10. The highest BCUT2D eigenvalue weighted by Gasteiger charge is 2.26. The van der Waals surface area contributed by atoms with Gasteiger partial charge in [-0.2, -0.15) is 0 Å². The third-order valence-corrected chi connectivity index (χ3v) is 2.43. The summed E-state index contributed by atoms with van der Waals surface area (Å²) in [6, 6.07) is 3.33. The molecule has 1 aliphatic rings. The van der Waals surface area contributed by atoms with E-state index in [1.165, 1.54) is 0 Å². The summed E-state index contributed by atoms with van der Waals surface area (Å²) in [6.07, 6.45) is 0. The van der Waals surface area contributed by atoms with E-state index in [9.17, 15) is 4.79 Å². The van der Waals surface area contributed by atoms with Crippen LogP contribution in [0.15, 0.2) is 12.1 Å². The number of carbonyl (C=O) groups excluding carboxylic acids is 1. The maximum absolute atomic E-state index is 11.7. The molecule has 14 heavy (non-hydrogen) atoms. The van der Waals surface area contributed by atoms with E-state index in [1.54, 1.807) is 0 Å². The lowest BCUT2D eigenvalue weighted by Gasteiger charge is -2.23. The number of hydrogen-bond donors (Lipinski definition) is 1. The zero-order chi connectivity index (χ0) is 10.3. The number of hydrogen-bond acceptors (Lipinski definition) is 3. The van der Waals surface area contributed by atoms with Gasteiger partial charge < -0.3 is 10.5 Å². The van der Waals surface area contributed by atoms with Gasteiger partial charge in [-0.15, -0.1) is 0 Å². The topological polar surface area (TPSA) is 52.3 Å². The molecule has 74 valence electrons. The van der Waals surface area contributed by atoms with Gasteiger partial charge in [0.25, 0.3) is 0 Å². The van der Waals surface area contributed by atoms with E-state index in [2.05, 4.69) is 0 Å². The summed E-state index contributed by atoms with van der Waals surface area (Å²) in [5.74, 6) is 0.681. The van der Waals surface area contributed by atoms with Crippen molar-refractivity contribution < 1.29 is 9.53 Å². The summed E-state index contributed by atoms with van der Waals surface area (Å²) in [5, 5.41) is 0. The van der Waals surface area contributed by atoms with Gasteiger partial charge in [0.1, 0.15) is 18.4 Å². The van der Waals surface area contributed by atoms with Crippen LogP contribution in [0.5, 0.6) is 5.75 Å². The molecule has 1 aromatic rings. The fourth-order valence-corrected chi connectivity index (χ4v) is 1.78. The van der Waals surface area contributed by atoms with Crippen molar-refractivity contribution in [1.29, 1.82) is 0 Å². The normalized spacial score (nSPS) is 20.2. The van der Waals surface area contributed by atoms with Gasteiger partial charge in [-0.1, -0.05) is 6.07 Å². The Hall–Kier alpha value is -1.35. The Morgan fingerprint density at radius 2 is 2.14 bits per heavy atom. The van der Waals surface area contributed by atoms with Gasteiger partial charge in [-0.25, -0.2) is 0 Å². The average molecular weight is 191 g/mol. The van der Waals surface area contributed by atoms with Crippen LogP contribution in [0.4, 0.5) is 0 Å². The molecular weight excluding hydrogens is 178 g/mol. The predicted octanol–water partition coefficient (Wildman–Crippen LogP) is 1.21. The van der Waals surface area contributed by atoms with Crippen LogP contribution in [0.1, 0.15) is 21.5 Å². The zero-order valence-corrected chi connectivity index (χ0v) is 8.33. The standard InChI is InChI=1S/C11H13NO2/c1-6-3-7(2)11-8(4-6)10(13)9(12)5-14-11/h3-4,9H,5,12H2,1-2H3. The Morgan fingerprint density at radius 1 is 1.43 bits per heavy atom.